The van der Waals surface area contributed by atoms with Crippen molar-refractivity contribution in [3.05, 3.63) is 21.9 Å². The number of ether oxygens (including phenoxy) is 1. The topological polar surface area (TPSA) is 99.3 Å². The lowest BCUT2D eigenvalue weighted by Gasteiger charge is -2.16. The van der Waals surface area contributed by atoms with Gasteiger partial charge in [-0.05, 0) is 31.1 Å². The second-order valence-corrected chi connectivity index (χ2v) is 5.15. The first-order valence-electron chi connectivity index (χ1n) is 7.12. The van der Waals surface area contributed by atoms with Crippen LogP contribution in [0.4, 0.5) is 5.82 Å². The molecule has 1 fully saturated rings. The van der Waals surface area contributed by atoms with Gasteiger partial charge in [0.1, 0.15) is 0 Å². The average molecular weight is 296 g/mol. The number of carbonyl (C=O) groups is 1. The van der Waals surface area contributed by atoms with E-state index in [0.29, 0.717) is 18.7 Å². The molecule has 0 saturated carbocycles. The Morgan fingerprint density at radius 3 is 3.00 bits per heavy atom. The number of amides is 1. The molecule has 0 radical (unpaired) electrons. The predicted octanol–water partition coefficient (Wildman–Crippen LogP) is 1.35. The van der Waals surface area contributed by atoms with Gasteiger partial charge in [0.15, 0.2) is 6.04 Å². The molecule has 1 N–H and O–H groups in total. The van der Waals surface area contributed by atoms with E-state index in [9.17, 15) is 14.9 Å². The van der Waals surface area contributed by atoms with Crippen molar-refractivity contribution in [1.29, 1.82) is 0 Å². The highest BCUT2D eigenvalue weighted by atomic mass is 16.6. The summed E-state index contributed by atoms with van der Waals surface area (Å²) >= 11 is 0. The minimum absolute atomic E-state index is 0.0690. The van der Waals surface area contributed by atoms with Crippen LogP contribution in [0, 0.1) is 17.0 Å². The average Bonchev–Trinajstić information content (AvgIpc) is 3.08. The molecule has 0 spiro atoms. The number of nitrogens with zero attached hydrogens (tertiary/aromatic N) is 3. The fourth-order valence-electron chi connectivity index (χ4n) is 2.48. The van der Waals surface area contributed by atoms with Crippen molar-refractivity contribution in [3.63, 3.8) is 0 Å². The number of rotatable bonds is 6. The molecule has 8 heteroatoms. The van der Waals surface area contributed by atoms with Gasteiger partial charge in [0.05, 0.1) is 23.0 Å². The van der Waals surface area contributed by atoms with E-state index in [1.165, 1.54) is 10.7 Å². The second kappa shape index (κ2) is 6.66. The van der Waals surface area contributed by atoms with Gasteiger partial charge in [0.25, 0.3) is 0 Å². The Morgan fingerprint density at radius 1 is 1.71 bits per heavy atom. The zero-order chi connectivity index (χ0) is 15.4. The number of aryl methyl sites for hydroxylation is 1. The van der Waals surface area contributed by atoms with Crippen molar-refractivity contribution >= 4 is 11.7 Å². The largest absolute Gasteiger partial charge is 0.390 e. The van der Waals surface area contributed by atoms with Crippen molar-refractivity contribution < 1.29 is 14.5 Å². The van der Waals surface area contributed by atoms with Crippen LogP contribution in [0.5, 0.6) is 0 Å². The van der Waals surface area contributed by atoms with Crippen molar-refractivity contribution in [2.75, 3.05) is 13.2 Å². The smallest absolute Gasteiger partial charge is 0.376 e. The lowest BCUT2D eigenvalue weighted by molar-refractivity contribution is -0.389. The normalized spacial score (nSPS) is 19.4. The monoisotopic (exact) mass is 296 g/mol. The van der Waals surface area contributed by atoms with Gasteiger partial charge < -0.3 is 20.2 Å². The van der Waals surface area contributed by atoms with E-state index in [1.54, 1.807) is 6.92 Å². The van der Waals surface area contributed by atoms with Crippen molar-refractivity contribution in [3.8, 4) is 0 Å². The fraction of sp³-hybridized carbons (Fsp3) is 0.692. The molecule has 0 bridgehead atoms. The highest BCUT2D eigenvalue weighted by Gasteiger charge is 2.27. The molecule has 0 aliphatic carbocycles. The van der Waals surface area contributed by atoms with Crippen LogP contribution in [0.3, 0.4) is 0 Å². The van der Waals surface area contributed by atoms with Gasteiger partial charge >= 0.3 is 5.82 Å². The highest BCUT2D eigenvalue weighted by Crippen LogP contribution is 2.19. The molecule has 2 unspecified atom stereocenters. The summed E-state index contributed by atoms with van der Waals surface area (Å²) < 4.78 is 6.87. The van der Waals surface area contributed by atoms with E-state index in [0.717, 1.165) is 19.4 Å². The Balaban J connectivity index is 2.03. The first-order chi connectivity index (χ1) is 10.0. The van der Waals surface area contributed by atoms with Gasteiger partial charge in [-0.15, -0.1) is 0 Å². The summed E-state index contributed by atoms with van der Waals surface area (Å²) in [4.78, 5) is 22.5. The number of carbonyl (C=O) groups excluding carboxylic acids is 1. The molecular formula is C13H20N4O4. The van der Waals surface area contributed by atoms with Gasteiger partial charge in [-0.25, -0.2) is 0 Å². The highest BCUT2D eigenvalue weighted by molar-refractivity contribution is 5.80. The molecule has 1 saturated heterocycles. The Labute approximate surface area is 122 Å². The Hall–Kier alpha value is -1.96. The Bertz CT molecular complexity index is 522. The quantitative estimate of drug-likeness (QED) is 0.631. The lowest BCUT2D eigenvalue weighted by Crippen LogP contribution is -2.37. The maximum Gasteiger partial charge on any atom is 0.390 e. The molecule has 2 atom stereocenters. The summed E-state index contributed by atoms with van der Waals surface area (Å²) in [5, 5.41) is 17.5. The molecule has 0 aromatic carbocycles. The maximum atomic E-state index is 12.3. The molecule has 1 amide bonds. The van der Waals surface area contributed by atoms with Crippen LogP contribution in [0.15, 0.2) is 6.07 Å². The van der Waals surface area contributed by atoms with E-state index in [2.05, 4.69) is 10.4 Å². The van der Waals surface area contributed by atoms with Gasteiger partial charge in [0.2, 0.25) is 5.91 Å². The van der Waals surface area contributed by atoms with Crippen LogP contribution < -0.4 is 5.32 Å². The molecule has 1 aliphatic rings. The lowest BCUT2D eigenvalue weighted by atomic mass is 10.2. The molecule has 1 aromatic heterocycles. The van der Waals surface area contributed by atoms with Gasteiger partial charge in [-0.3, -0.25) is 4.79 Å². The summed E-state index contributed by atoms with van der Waals surface area (Å²) in [6.07, 6.45) is 2.54. The molecule has 8 nitrogen and oxygen atoms in total. The van der Waals surface area contributed by atoms with Crippen LogP contribution in [0.1, 0.15) is 37.9 Å². The van der Waals surface area contributed by atoms with E-state index in [1.807, 2.05) is 6.92 Å². The number of aromatic nitrogens is 2. The summed E-state index contributed by atoms with van der Waals surface area (Å²) in [6.45, 7) is 4.76. The molecule has 1 aromatic rings. The zero-order valence-corrected chi connectivity index (χ0v) is 12.2. The summed E-state index contributed by atoms with van der Waals surface area (Å²) in [5.41, 5.74) is 0.598. The van der Waals surface area contributed by atoms with Crippen LogP contribution >= 0.6 is 0 Å². The van der Waals surface area contributed by atoms with Crippen molar-refractivity contribution in [1.82, 2.24) is 15.1 Å². The Morgan fingerprint density at radius 2 is 2.48 bits per heavy atom. The third kappa shape index (κ3) is 3.57. The van der Waals surface area contributed by atoms with Crippen molar-refractivity contribution in [2.24, 2.45) is 0 Å². The summed E-state index contributed by atoms with van der Waals surface area (Å²) in [5.74, 6) is -0.424. The van der Waals surface area contributed by atoms with Gasteiger partial charge in [0, 0.05) is 13.2 Å². The minimum Gasteiger partial charge on any atom is -0.376 e. The van der Waals surface area contributed by atoms with Crippen LogP contribution in [0.25, 0.3) is 0 Å². The molecule has 116 valence electrons. The van der Waals surface area contributed by atoms with Crippen LogP contribution in [-0.4, -0.2) is 39.9 Å². The summed E-state index contributed by atoms with van der Waals surface area (Å²) in [7, 11) is 0. The first-order valence-corrected chi connectivity index (χ1v) is 7.12. The molecule has 21 heavy (non-hydrogen) atoms. The third-order valence-corrected chi connectivity index (χ3v) is 3.61. The van der Waals surface area contributed by atoms with E-state index < -0.39 is 11.0 Å². The zero-order valence-electron chi connectivity index (χ0n) is 12.2. The van der Waals surface area contributed by atoms with Gasteiger partial charge in [-0.2, -0.15) is 4.68 Å². The molecule has 1 aliphatic heterocycles. The predicted molar refractivity (Wildman–Crippen MR) is 74.9 cm³/mol. The van der Waals surface area contributed by atoms with Crippen LogP contribution in [-0.2, 0) is 9.53 Å². The number of nitrogens with one attached hydrogen (secondary N) is 1. The standard InChI is InChI=1S/C13H20N4O4/c1-3-11(13(18)14-8-10-5-4-6-21-10)16-9(2)7-12(15-16)17(19)20/h7,10-11H,3-6,8H2,1-2H3,(H,14,18). The van der Waals surface area contributed by atoms with E-state index >= 15 is 0 Å². The number of hydrogen-bond acceptors (Lipinski definition) is 5. The number of hydrogen-bond donors (Lipinski definition) is 1. The van der Waals surface area contributed by atoms with Crippen LogP contribution in [0.2, 0.25) is 0 Å². The maximum absolute atomic E-state index is 12.3. The Kier molecular flexibility index (Phi) is 4.89. The van der Waals surface area contributed by atoms with Crippen molar-refractivity contribution in [2.45, 2.75) is 45.3 Å². The molecular weight excluding hydrogens is 276 g/mol. The summed E-state index contributed by atoms with van der Waals surface area (Å²) in [6, 6.07) is 0.829. The number of nitro groups is 1. The second-order valence-electron chi connectivity index (χ2n) is 5.15. The minimum atomic E-state index is -0.555. The van der Waals surface area contributed by atoms with E-state index in [-0.39, 0.29) is 17.8 Å². The first kappa shape index (κ1) is 15.4. The fourth-order valence-corrected chi connectivity index (χ4v) is 2.48. The van der Waals surface area contributed by atoms with Gasteiger partial charge in [-0.1, -0.05) is 6.92 Å². The SMILES string of the molecule is CCC(C(=O)NCC1CCCO1)n1nc([N+](=O)[O-])cc1C. The molecule has 2 rings (SSSR count). The third-order valence-electron chi connectivity index (χ3n) is 3.61. The van der Waals surface area contributed by atoms with E-state index in [4.69, 9.17) is 4.74 Å². The molecule has 2 heterocycles.